The Morgan fingerprint density at radius 1 is 0.846 bits per heavy atom. The van der Waals surface area contributed by atoms with Gasteiger partial charge in [-0.1, -0.05) is 44.2 Å². The van der Waals surface area contributed by atoms with E-state index in [1.165, 1.54) is 29.8 Å². The van der Waals surface area contributed by atoms with Gasteiger partial charge in [0.15, 0.2) is 9.84 Å². The lowest BCUT2D eigenvalue weighted by Crippen LogP contribution is -2.32. The van der Waals surface area contributed by atoms with Gasteiger partial charge in [-0.25, -0.2) is 21.6 Å². The van der Waals surface area contributed by atoms with Crippen LogP contribution in [0.25, 0.3) is 0 Å². The van der Waals surface area contributed by atoms with Gasteiger partial charge in [-0.2, -0.15) is 0 Å². The van der Waals surface area contributed by atoms with E-state index in [1.807, 2.05) is 30.3 Å². The molecular weight excluding hydrogens is 370 g/mol. The van der Waals surface area contributed by atoms with Gasteiger partial charge in [0.2, 0.25) is 10.0 Å². The number of hydrogen-bond acceptors (Lipinski definition) is 4. The van der Waals surface area contributed by atoms with Gasteiger partial charge in [-0.05, 0) is 48.1 Å². The molecule has 2 rings (SSSR count). The maximum Gasteiger partial charge on any atom is 0.240 e. The van der Waals surface area contributed by atoms with Crippen LogP contribution in [0.15, 0.2) is 64.4 Å². The van der Waals surface area contributed by atoms with E-state index in [0.717, 1.165) is 12.7 Å². The molecule has 1 atom stereocenters. The minimum Gasteiger partial charge on any atom is -0.224 e. The highest BCUT2D eigenvalue weighted by Gasteiger charge is 2.20. The van der Waals surface area contributed by atoms with E-state index >= 15 is 0 Å². The van der Waals surface area contributed by atoms with E-state index in [2.05, 4.69) is 18.6 Å². The summed E-state index contributed by atoms with van der Waals surface area (Å²) in [5, 5.41) is 0. The largest absolute Gasteiger partial charge is 0.240 e. The minimum atomic E-state index is -3.69. The molecule has 5 nitrogen and oxygen atoms in total. The normalized spacial score (nSPS) is 13.7. The molecule has 0 aliphatic heterocycles. The lowest BCUT2D eigenvalue weighted by Gasteiger charge is -2.21. The highest BCUT2D eigenvalue weighted by molar-refractivity contribution is 7.90. The topological polar surface area (TPSA) is 80.3 Å². The van der Waals surface area contributed by atoms with Gasteiger partial charge in [0.05, 0.1) is 9.79 Å². The minimum absolute atomic E-state index is 0.0621. The number of sulfone groups is 1. The summed E-state index contributed by atoms with van der Waals surface area (Å²) >= 11 is 0. The average molecular weight is 396 g/mol. The summed E-state index contributed by atoms with van der Waals surface area (Å²) in [7, 11) is -7.04. The predicted molar refractivity (Wildman–Crippen MR) is 103 cm³/mol. The van der Waals surface area contributed by atoms with Crippen molar-refractivity contribution < 1.29 is 16.8 Å². The van der Waals surface area contributed by atoms with Gasteiger partial charge in [0, 0.05) is 12.8 Å². The molecule has 0 aromatic heterocycles. The SMILES string of the molecule is CC(C)[C@@H](CNS(=O)(=O)c1ccc(S(C)(=O)=O)cc1)Cc1ccccc1. The van der Waals surface area contributed by atoms with E-state index in [4.69, 9.17) is 0 Å². The van der Waals surface area contributed by atoms with Crippen molar-refractivity contribution in [2.24, 2.45) is 11.8 Å². The first-order valence-corrected chi connectivity index (χ1v) is 11.8. The summed E-state index contributed by atoms with van der Waals surface area (Å²) in [6, 6.07) is 15.2. The van der Waals surface area contributed by atoms with Crippen LogP contribution in [-0.2, 0) is 26.3 Å². The first-order chi connectivity index (χ1) is 12.1. The lowest BCUT2D eigenvalue weighted by molar-refractivity contribution is 0.379. The fourth-order valence-electron chi connectivity index (χ4n) is 2.63. The summed E-state index contributed by atoms with van der Waals surface area (Å²) in [4.78, 5) is 0.160. The summed E-state index contributed by atoms with van der Waals surface area (Å²) in [5.74, 6) is 0.466. The third-order valence-corrected chi connectivity index (χ3v) is 6.95. The van der Waals surface area contributed by atoms with Crippen LogP contribution in [0.3, 0.4) is 0 Å². The molecule has 0 amide bonds. The molecule has 0 bridgehead atoms. The van der Waals surface area contributed by atoms with Crippen molar-refractivity contribution in [2.45, 2.75) is 30.1 Å². The van der Waals surface area contributed by atoms with E-state index in [0.29, 0.717) is 12.5 Å². The Labute approximate surface area is 156 Å². The van der Waals surface area contributed by atoms with Crippen molar-refractivity contribution in [1.29, 1.82) is 0 Å². The van der Waals surface area contributed by atoms with Crippen molar-refractivity contribution in [3.05, 3.63) is 60.2 Å². The van der Waals surface area contributed by atoms with Crippen LogP contribution in [0.4, 0.5) is 0 Å². The number of rotatable bonds is 8. The Balaban J connectivity index is 2.09. The van der Waals surface area contributed by atoms with E-state index in [9.17, 15) is 16.8 Å². The summed E-state index contributed by atoms with van der Waals surface area (Å²) < 4.78 is 50.7. The summed E-state index contributed by atoms with van der Waals surface area (Å²) in [6.07, 6.45) is 1.87. The first kappa shape index (κ1) is 20.6. The zero-order valence-electron chi connectivity index (χ0n) is 15.2. The van der Waals surface area contributed by atoms with Crippen LogP contribution in [-0.4, -0.2) is 29.6 Å². The number of sulfonamides is 1. The molecule has 142 valence electrons. The first-order valence-electron chi connectivity index (χ1n) is 8.43. The number of nitrogens with one attached hydrogen (secondary N) is 1. The van der Waals surface area contributed by atoms with Gasteiger partial charge >= 0.3 is 0 Å². The second-order valence-electron chi connectivity index (χ2n) is 6.79. The van der Waals surface area contributed by atoms with E-state index in [1.54, 1.807) is 0 Å². The van der Waals surface area contributed by atoms with Gasteiger partial charge in [-0.15, -0.1) is 0 Å². The van der Waals surface area contributed by atoms with Crippen LogP contribution in [0.5, 0.6) is 0 Å². The molecular formula is C19H25NO4S2. The van der Waals surface area contributed by atoms with Gasteiger partial charge in [0.25, 0.3) is 0 Å². The van der Waals surface area contributed by atoms with Gasteiger partial charge in [0.1, 0.15) is 0 Å². The third kappa shape index (κ3) is 5.65. The quantitative estimate of drug-likeness (QED) is 0.745. The highest BCUT2D eigenvalue weighted by Crippen LogP contribution is 2.19. The molecule has 1 N–H and O–H groups in total. The van der Waals surface area contributed by atoms with Crippen LogP contribution < -0.4 is 4.72 Å². The fraction of sp³-hybridized carbons (Fsp3) is 0.368. The van der Waals surface area contributed by atoms with E-state index in [-0.39, 0.29) is 15.7 Å². The summed E-state index contributed by atoms with van der Waals surface area (Å²) in [5.41, 5.74) is 1.17. The van der Waals surface area contributed by atoms with Gasteiger partial charge in [-0.3, -0.25) is 0 Å². The van der Waals surface area contributed by atoms with Gasteiger partial charge < -0.3 is 0 Å². The van der Waals surface area contributed by atoms with Crippen LogP contribution in [0.1, 0.15) is 19.4 Å². The molecule has 2 aromatic carbocycles. The molecule has 0 saturated carbocycles. The molecule has 0 aliphatic rings. The third-order valence-electron chi connectivity index (χ3n) is 4.38. The molecule has 0 heterocycles. The van der Waals surface area contributed by atoms with Crippen LogP contribution in [0.2, 0.25) is 0 Å². The molecule has 0 spiro atoms. The molecule has 0 saturated heterocycles. The lowest BCUT2D eigenvalue weighted by atomic mass is 9.89. The molecule has 0 aliphatic carbocycles. The van der Waals surface area contributed by atoms with E-state index < -0.39 is 19.9 Å². The fourth-order valence-corrected chi connectivity index (χ4v) is 4.35. The van der Waals surface area contributed by atoms with Crippen molar-refractivity contribution in [3.8, 4) is 0 Å². The predicted octanol–water partition coefficient (Wildman–Crippen LogP) is 2.88. The Morgan fingerprint density at radius 3 is 1.88 bits per heavy atom. The molecule has 26 heavy (non-hydrogen) atoms. The van der Waals surface area contributed by atoms with Crippen LogP contribution >= 0.6 is 0 Å². The Hall–Kier alpha value is -1.70. The van der Waals surface area contributed by atoms with Crippen LogP contribution in [0, 0.1) is 11.8 Å². The molecule has 2 aromatic rings. The summed E-state index contributed by atoms with van der Waals surface area (Å²) in [6.45, 7) is 4.47. The maximum atomic E-state index is 12.5. The van der Waals surface area contributed by atoms with Crippen molar-refractivity contribution >= 4 is 19.9 Å². The van der Waals surface area contributed by atoms with Crippen molar-refractivity contribution in [2.75, 3.05) is 12.8 Å². The average Bonchev–Trinajstić information content (AvgIpc) is 2.58. The number of hydrogen-bond donors (Lipinski definition) is 1. The second kappa shape index (κ2) is 8.33. The maximum absolute atomic E-state index is 12.5. The second-order valence-corrected chi connectivity index (χ2v) is 10.6. The Morgan fingerprint density at radius 2 is 1.38 bits per heavy atom. The smallest absolute Gasteiger partial charge is 0.224 e. The van der Waals surface area contributed by atoms with Crippen molar-refractivity contribution in [3.63, 3.8) is 0 Å². The molecule has 0 fully saturated rings. The standard InChI is InChI=1S/C19H25NO4S2/c1-15(2)17(13-16-7-5-4-6-8-16)14-20-26(23,24)19-11-9-18(10-12-19)25(3,21)22/h4-12,15,17,20H,13-14H2,1-3H3/t17-/m1/s1. The molecule has 7 heteroatoms. The Kier molecular flexibility index (Phi) is 6.60. The Bertz CT molecular complexity index is 919. The highest BCUT2D eigenvalue weighted by atomic mass is 32.2. The van der Waals surface area contributed by atoms with Crippen molar-refractivity contribution in [1.82, 2.24) is 4.72 Å². The monoisotopic (exact) mass is 395 g/mol. The molecule has 0 radical (unpaired) electrons. The molecule has 0 unspecified atom stereocenters. The zero-order valence-corrected chi connectivity index (χ0v) is 16.8. The number of benzene rings is 2. The zero-order chi connectivity index (χ0) is 19.4.